The SMILES string of the molecule is O=C(O)c1cc(NC(=O)c2sccc2Cl)ccc1F. The van der Waals surface area contributed by atoms with Crippen molar-refractivity contribution in [2.24, 2.45) is 0 Å². The Morgan fingerprint density at radius 1 is 1.32 bits per heavy atom. The molecular weight excluding hydrogens is 293 g/mol. The van der Waals surface area contributed by atoms with Crippen LogP contribution >= 0.6 is 22.9 Å². The summed E-state index contributed by atoms with van der Waals surface area (Å²) in [6.07, 6.45) is 0. The number of nitrogens with one attached hydrogen (secondary N) is 1. The van der Waals surface area contributed by atoms with Crippen molar-refractivity contribution >= 4 is 40.5 Å². The summed E-state index contributed by atoms with van der Waals surface area (Å²) in [4.78, 5) is 22.9. The zero-order chi connectivity index (χ0) is 14.0. The van der Waals surface area contributed by atoms with Gasteiger partial charge in [-0.1, -0.05) is 11.6 Å². The number of aromatic carboxylic acids is 1. The summed E-state index contributed by atoms with van der Waals surface area (Å²) in [5.74, 6) is -2.73. The number of carboxylic acid groups (broad SMARTS) is 1. The van der Waals surface area contributed by atoms with Crippen LogP contribution in [0.1, 0.15) is 20.0 Å². The standard InChI is InChI=1S/C12H7ClFNO3S/c13-8-3-4-19-10(8)11(16)15-6-1-2-9(14)7(5-6)12(17)18/h1-5H,(H,15,16)(H,17,18). The Hall–Kier alpha value is -1.92. The number of halogens is 2. The lowest BCUT2D eigenvalue weighted by Crippen LogP contribution is -2.12. The summed E-state index contributed by atoms with van der Waals surface area (Å²) < 4.78 is 13.2. The van der Waals surface area contributed by atoms with Gasteiger partial charge in [-0.2, -0.15) is 0 Å². The van der Waals surface area contributed by atoms with Crippen LogP contribution in [0.5, 0.6) is 0 Å². The number of rotatable bonds is 3. The van der Waals surface area contributed by atoms with E-state index in [1.165, 1.54) is 6.07 Å². The Morgan fingerprint density at radius 2 is 2.05 bits per heavy atom. The van der Waals surface area contributed by atoms with E-state index < -0.39 is 23.3 Å². The Balaban J connectivity index is 2.25. The molecular formula is C12H7ClFNO3S. The number of carbonyl (C=O) groups excluding carboxylic acids is 1. The van der Waals surface area contributed by atoms with Gasteiger partial charge in [0.05, 0.1) is 10.6 Å². The van der Waals surface area contributed by atoms with Crippen molar-refractivity contribution in [1.82, 2.24) is 0 Å². The molecule has 0 aliphatic heterocycles. The molecule has 0 atom stereocenters. The second-order valence-electron chi connectivity index (χ2n) is 3.55. The van der Waals surface area contributed by atoms with E-state index in [-0.39, 0.29) is 5.69 Å². The van der Waals surface area contributed by atoms with Crippen LogP contribution in [0, 0.1) is 5.82 Å². The second kappa shape index (κ2) is 5.38. The van der Waals surface area contributed by atoms with Crippen LogP contribution in [0.15, 0.2) is 29.6 Å². The summed E-state index contributed by atoms with van der Waals surface area (Å²) >= 11 is 6.96. The first kappa shape index (κ1) is 13.5. The lowest BCUT2D eigenvalue weighted by atomic mass is 10.2. The predicted molar refractivity (Wildman–Crippen MR) is 70.6 cm³/mol. The molecule has 4 nitrogen and oxygen atoms in total. The molecule has 98 valence electrons. The molecule has 2 rings (SSSR count). The molecule has 1 amide bonds. The first-order valence-electron chi connectivity index (χ1n) is 5.06. The van der Waals surface area contributed by atoms with Gasteiger partial charge in [-0.05, 0) is 29.6 Å². The van der Waals surface area contributed by atoms with Crippen molar-refractivity contribution in [3.05, 3.63) is 50.9 Å². The van der Waals surface area contributed by atoms with Gasteiger partial charge in [0.25, 0.3) is 5.91 Å². The molecule has 0 aliphatic carbocycles. The van der Waals surface area contributed by atoms with Crippen molar-refractivity contribution < 1.29 is 19.1 Å². The molecule has 0 spiro atoms. The predicted octanol–water partition coefficient (Wildman–Crippen LogP) is 3.49. The lowest BCUT2D eigenvalue weighted by Gasteiger charge is -2.05. The summed E-state index contributed by atoms with van der Waals surface area (Å²) in [5.41, 5.74) is -0.316. The Kier molecular flexibility index (Phi) is 3.82. The van der Waals surface area contributed by atoms with E-state index in [0.29, 0.717) is 9.90 Å². The van der Waals surface area contributed by atoms with E-state index in [9.17, 15) is 14.0 Å². The zero-order valence-electron chi connectivity index (χ0n) is 9.31. The average molecular weight is 300 g/mol. The highest BCUT2D eigenvalue weighted by Crippen LogP contribution is 2.23. The highest BCUT2D eigenvalue weighted by Gasteiger charge is 2.15. The quantitative estimate of drug-likeness (QED) is 0.911. The smallest absolute Gasteiger partial charge is 0.338 e. The lowest BCUT2D eigenvalue weighted by molar-refractivity contribution is 0.0691. The molecule has 1 aromatic heterocycles. The minimum Gasteiger partial charge on any atom is -0.478 e. The number of carbonyl (C=O) groups is 2. The molecule has 1 aromatic carbocycles. The molecule has 2 N–H and O–H groups in total. The van der Waals surface area contributed by atoms with E-state index in [2.05, 4.69) is 5.32 Å². The number of hydrogen-bond donors (Lipinski definition) is 2. The van der Waals surface area contributed by atoms with Gasteiger partial charge in [-0.3, -0.25) is 4.79 Å². The van der Waals surface area contributed by atoms with Crippen LogP contribution in [0.3, 0.4) is 0 Å². The fraction of sp³-hybridized carbons (Fsp3) is 0. The van der Waals surface area contributed by atoms with Crippen LogP contribution in [0.2, 0.25) is 5.02 Å². The number of anilines is 1. The third-order valence-electron chi connectivity index (χ3n) is 2.28. The molecule has 19 heavy (non-hydrogen) atoms. The van der Waals surface area contributed by atoms with Crippen molar-refractivity contribution in [2.75, 3.05) is 5.32 Å². The fourth-order valence-corrected chi connectivity index (χ4v) is 2.45. The van der Waals surface area contributed by atoms with Crippen LogP contribution < -0.4 is 5.32 Å². The van der Waals surface area contributed by atoms with Gasteiger partial charge in [0, 0.05) is 5.69 Å². The molecule has 0 aliphatic rings. The average Bonchev–Trinajstić information content (AvgIpc) is 2.77. The maximum Gasteiger partial charge on any atom is 0.338 e. The first-order valence-corrected chi connectivity index (χ1v) is 6.32. The molecule has 0 bridgehead atoms. The van der Waals surface area contributed by atoms with Gasteiger partial charge in [0.15, 0.2) is 0 Å². The largest absolute Gasteiger partial charge is 0.478 e. The summed E-state index contributed by atoms with van der Waals surface area (Å²) in [5, 5.41) is 13.2. The fourth-order valence-electron chi connectivity index (χ4n) is 1.41. The second-order valence-corrected chi connectivity index (χ2v) is 4.87. The number of thiophene rings is 1. The Morgan fingerprint density at radius 3 is 2.63 bits per heavy atom. The molecule has 0 radical (unpaired) electrons. The highest BCUT2D eigenvalue weighted by atomic mass is 35.5. The van der Waals surface area contributed by atoms with Gasteiger partial charge in [0.1, 0.15) is 10.7 Å². The van der Waals surface area contributed by atoms with Crippen LogP contribution in [-0.2, 0) is 0 Å². The number of amides is 1. The monoisotopic (exact) mass is 299 g/mol. The van der Waals surface area contributed by atoms with Crippen molar-refractivity contribution in [2.45, 2.75) is 0 Å². The minimum atomic E-state index is -1.40. The van der Waals surface area contributed by atoms with Crippen molar-refractivity contribution in [3.8, 4) is 0 Å². The molecule has 2 aromatic rings. The molecule has 0 fully saturated rings. The minimum absolute atomic E-state index is 0.188. The van der Waals surface area contributed by atoms with Gasteiger partial charge in [-0.25, -0.2) is 9.18 Å². The summed E-state index contributed by atoms with van der Waals surface area (Å²) in [6.45, 7) is 0. The molecule has 0 saturated heterocycles. The first-order chi connectivity index (χ1) is 8.99. The number of carboxylic acids is 1. The van der Waals surface area contributed by atoms with Gasteiger partial charge in [0.2, 0.25) is 0 Å². The third-order valence-corrected chi connectivity index (χ3v) is 3.62. The normalized spacial score (nSPS) is 10.2. The van der Waals surface area contributed by atoms with E-state index in [4.69, 9.17) is 16.7 Å². The van der Waals surface area contributed by atoms with Crippen molar-refractivity contribution in [1.29, 1.82) is 0 Å². The maximum absolute atomic E-state index is 13.2. The molecule has 0 saturated carbocycles. The molecule has 7 heteroatoms. The Labute approximate surface area is 116 Å². The van der Waals surface area contributed by atoms with E-state index in [1.54, 1.807) is 11.4 Å². The van der Waals surface area contributed by atoms with Crippen LogP contribution in [-0.4, -0.2) is 17.0 Å². The van der Waals surface area contributed by atoms with Crippen LogP contribution in [0.25, 0.3) is 0 Å². The molecule has 0 unspecified atom stereocenters. The van der Waals surface area contributed by atoms with E-state index in [1.807, 2.05) is 0 Å². The van der Waals surface area contributed by atoms with Crippen LogP contribution in [0.4, 0.5) is 10.1 Å². The molecule has 1 heterocycles. The maximum atomic E-state index is 13.2. The zero-order valence-corrected chi connectivity index (χ0v) is 10.9. The van der Waals surface area contributed by atoms with Gasteiger partial charge >= 0.3 is 5.97 Å². The third kappa shape index (κ3) is 2.91. The topological polar surface area (TPSA) is 66.4 Å². The van der Waals surface area contributed by atoms with E-state index >= 15 is 0 Å². The number of benzene rings is 1. The summed E-state index contributed by atoms with van der Waals surface area (Å²) in [6, 6.07) is 4.89. The Bertz CT molecular complexity index is 656. The number of hydrogen-bond acceptors (Lipinski definition) is 3. The van der Waals surface area contributed by atoms with Crippen molar-refractivity contribution in [3.63, 3.8) is 0 Å². The van der Waals surface area contributed by atoms with Gasteiger partial charge < -0.3 is 10.4 Å². The van der Waals surface area contributed by atoms with E-state index in [0.717, 1.165) is 23.5 Å². The highest BCUT2D eigenvalue weighted by molar-refractivity contribution is 7.12. The summed E-state index contributed by atoms with van der Waals surface area (Å²) in [7, 11) is 0. The van der Waals surface area contributed by atoms with Gasteiger partial charge in [-0.15, -0.1) is 11.3 Å².